The maximum atomic E-state index is 10.9. The van der Waals surface area contributed by atoms with Gasteiger partial charge >= 0.3 is 5.97 Å². The molecule has 1 heterocycles. The number of nitrogens with zero attached hydrogens (tertiary/aromatic N) is 1. The Morgan fingerprint density at radius 3 is 2.47 bits per heavy atom. The van der Waals surface area contributed by atoms with E-state index in [1.807, 2.05) is 0 Å². The van der Waals surface area contributed by atoms with Crippen LogP contribution in [-0.2, 0) is 10.2 Å². The molecule has 1 N–H and O–H groups in total. The van der Waals surface area contributed by atoms with Crippen LogP contribution in [0.4, 0.5) is 0 Å². The van der Waals surface area contributed by atoms with Crippen LogP contribution >= 0.6 is 0 Å². The largest absolute Gasteiger partial charge is 0.480 e. The fourth-order valence-corrected chi connectivity index (χ4v) is 2.77. The van der Waals surface area contributed by atoms with E-state index in [0.29, 0.717) is 0 Å². The summed E-state index contributed by atoms with van der Waals surface area (Å²) in [6, 6.07) is 8.93. The van der Waals surface area contributed by atoms with E-state index < -0.39 is 5.97 Å². The Hall–Kier alpha value is -1.35. The summed E-state index contributed by atoms with van der Waals surface area (Å²) in [5.74, 6) is -0.738. The lowest BCUT2D eigenvalue weighted by Crippen LogP contribution is -2.29. The fraction of sp³-hybridized carbons (Fsp3) is 0.562. The molecule has 1 aliphatic heterocycles. The molecule has 1 fully saturated rings. The first-order chi connectivity index (χ1) is 8.88. The predicted octanol–water partition coefficient (Wildman–Crippen LogP) is 3.21. The maximum Gasteiger partial charge on any atom is 0.317 e. The Kier molecular flexibility index (Phi) is 3.95. The molecule has 3 heteroatoms. The Morgan fingerprint density at radius 1 is 1.32 bits per heavy atom. The van der Waals surface area contributed by atoms with Crippen LogP contribution in [0.1, 0.15) is 50.8 Å². The van der Waals surface area contributed by atoms with Gasteiger partial charge in [-0.1, -0.05) is 45.0 Å². The monoisotopic (exact) mass is 261 g/mol. The number of likely N-dealkylation sites (tertiary alicyclic amines) is 1. The van der Waals surface area contributed by atoms with E-state index in [9.17, 15) is 4.79 Å². The van der Waals surface area contributed by atoms with Crippen LogP contribution in [0.15, 0.2) is 24.3 Å². The van der Waals surface area contributed by atoms with Gasteiger partial charge in [0.05, 0.1) is 6.54 Å². The average Bonchev–Trinajstić information content (AvgIpc) is 2.75. The number of benzene rings is 1. The minimum Gasteiger partial charge on any atom is -0.480 e. The summed E-state index contributed by atoms with van der Waals surface area (Å²) in [5.41, 5.74) is 2.72. The molecule has 3 nitrogen and oxygen atoms in total. The first-order valence-corrected chi connectivity index (χ1v) is 6.94. The van der Waals surface area contributed by atoms with Crippen molar-refractivity contribution in [2.75, 3.05) is 13.1 Å². The Balaban J connectivity index is 2.15. The van der Waals surface area contributed by atoms with E-state index >= 15 is 0 Å². The molecule has 19 heavy (non-hydrogen) atoms. The lowest BCUT2D eigenvalue weighted by atomic mass is 9.86. The molecule has 0 aliphatic carbocycles. The molecule has 0 saturated carbocycles. The van der Waals surface area contributed by atoms with Crippen LogP contribution in [0.3, 0.4) is 0 Å². The van der Waals surface area contributed by atoms with E-state index in [4.69, 9.17) is 5.11 Å². The second-order valence-electron chi connectivity index (χ2n) is 6.39. The number of hydrogen-bond acceptors (Lipinski definition) is 2. The zero-order valence-electron chi connectivity index (χ0n) is 12.0. The van der Waals surface area contributed by atoms with E-state index in [-0.39, 0.29) is 18.0 Å². The van der Waals surface area contributed by atoms with E-state index in [2.05, 4.69) is 49.9 Å². The third kappa shape index (κ3) is 3.35. The van der Waals surface area contributed by atoms with E-state index in [1.165, 1.54) is 11.1 Å². The minimum absolute atomic E-state index is 0.145. The maximum absolute atomic E-state index is 10.9. The van der Waals surface area contributed by atoms with Crippen molar-refractivity contribution in [2.45, 2.75) is 45.1 Å². The molecular weight excluding hydrogens is 238 g/mol. The van der Waals surface area contributed by atoms with Gasteiger partial charge in [0.25, 0.3) is 0 Å². The standard InChI is InChI=1S/C16H23NO2/c1-16(2,3)13-8-6-12(7-9-13)14-5-4-10-17(14)11-15(18)19/h6-9,14H,4-5,10-11H2,1-3H3,(H,18,19). The van der Waals surface area contributed by atoms with Crippen LogP contribution in [-0.4, -0.2) is 29.1 Å². The lowest BCUT2D eigenvalue weighted by molar-refractivity contribution is -0.138. The first kappa shape index (κ1) is 14.1. The topological polar surface area (TPSA) is 40.5 Å². The summed E-state index contributed by atoms with van der Waals surface area (Å²) in [6.07, 6.45) is 2.14. The van der Waals surface area contributed by atoms with E-state index in [0.717, 1.165) is 19.4 Å². The van der Waals surface area contributed by atoms with Gasteiger partial charge in [0.15, 0.2) is 0 Å². The molecule has 1 aliphatic rings. The molecule has 0 amide bonds. The third-order valence-electron chi connectivity index (χ3n) is 3.86. The minimum atomic E-state index is -0.738. The van der Waals surface area contributed by atoms with Gasteiger partial charge in [-0.25, -0.2) is 0 Å². The van der Waals surface area contributed by atoms with Crippen molar-refractivity contribution >= 4 is 5.97 Å². The molecule has 0 aromatic heterocycles. The van der Waals surface area contributed by atoms with Crippen LogP contribution in [0.2, 0.25) is 0 Å². The van der Waals surface area contributed by atoms with Crippen LogP contribution in [0, 0.1) is 0 Å². The highest BCUT2D eigenvalue weighted by atomic mass is 16.4. The van der Waals surface area contributed by atoms with Crippen molar-refractivity contribution in [1.29, 1.82) is 0 Å². The molecule has 2 rings (SSSR count). The summed E-state index contributed by atoms with van der Waals surface area (Å²) in [4.78, 5) is 12.9. The summed E-state index contributed by atoms with van der Waals surface area (Å²) >= 11 is 0. The van der Waals surface area contributed by atoms with Gasteiger partial charge in [0.2, 0.25) is 0 Å². The molecule has 1 aromatic carbocycles. The molecular formula is C16H23NO2. The highest BCUT2D eigenvalue weighted by molar-refractivity contribution is 5.69. The lowest BCUT2D eigenvalue weighted by Gasteiger charge is -2.24. The van der Waals surface area contributed by atoms with Crippen molar-refractivity contribution in [3.05, 3.63) is 35.4 Å². The molecule has 104 valence electrons. The molecule has 1 atom stereocenters. The molecule has 0 bridgehead atoms. The van der Waals surface area contributed by atoms with Crippen molar-refractivity contribution < 1.29 is 9.90 Å². The summed E-state index contributed by atoms with van der Waals surface area (Å²) in [5, 5.41) is 8.95. The highest BCUT2D eigenvalue weighted by Crippen LogP contribution is 2.32. The quantitative estimate of drug-likeness (QED) is 0.908. The van der Waals surface area contributed by atoms with Crippen molar-refractivity contribution in [1.82, 2.24) is 4.90 Å². The number of carbonyl (C=O) groups is 1. The van der Waals surface area contributed by atoms with Crippen molar-refractivity contribution in [3.8, 4) is 0 Å². The Bertz CT molecular complexity index is 445. The molecule has 1 unspecified atom stereocenters. The van der Waals surface area contributed by atoms with Crippen LogP contribution in [0.25, 0.3) is 0 Å². The van der Waals surface area contributed by atoms with Crippen molar-refractivity contribution in [3.63, 3.8) is 0 Å². The Labute approximate surface area is 115 Å². The van der Waals surface area contributed by atoms with Gasteiger partial charge in [-0.3, -0.25) is 9.69 Å². The zero-order valence-corrected chi connectivity index (χ0v) is 12.0. The number of carboxylic acids is 1. The Morgan fingerprint density at radius 2 is 1.95 bits per heavy atom. The van der Waals surface area contributed by atoms with Gasteiger partial charge in [0.1, 0.15) is 0 Å². The van der Waals surface area contributed by atoms with Crippen LogP contribution < -0.4 is 0 Å². The smallest absolute Gasteiger partial charge is 0.317 e. The van der Waals surface area contributed by atoms with Crippen molar-refractivity contribution in [2.24, 2.45) is 0 Å². The highest BCUT2D eigenvalue weighted by Gasteiger charge is 2.27. The number of hydrogen-bond donors (Lipinski definition) is 1. The second kappa shape index (κ2) is 5.33. The van der Waals surface area contributed by atoms with Gasteiger partial charge in [-0.05, 0) is 35.9 Å². The predicted molar refractivity (Wildman–Crippen MR) is 76.3 cm³/mol. The SMILES string of the molecule is CC(C)(C)c1ccc(C2CCCN2CC(=O)O)cc1. The molecule has 1 aromatic rings. The van der Waals surface area contributed by atoms with Gasteiger partial charge in [-0.15, -0.1) is 0 Å². The molecule has 1 saturated heterocycles. The summed E-state index contributed by atoms with van der Waals surface area (Å²) < 4.78 is 0. The van der Waals surface area contributed by atoms with Gasteiger partial charge in [0, 0.05) is 6.04 Å². The number of rotatable bonds is 3. The summed E-state index contributed by atoms with van der Waals surface area (Å²) in [6.45, 7) is 7.64. The number of carboxylic acid groups (broad SMARTS) is 1. The van der Waals surface area contributed by atoms with Gasteiger partial charge in [-0.2, -0.15) is 0 Å². The summed E-state index contributed by atoms with van der Waals surface area (Å²) in [7, 11) is 0. The normalized spacial score (nSPS) is 20.7. The average molecular weight is 261 g/mol. The van der Waals surface area contributed by atoms with Gasteiger partial charge < -0.3 is 5.11 Å². The molecule has 0 spiro atoms. The zero-order chi connectivity index (χ0) is 14.0. The number of aliphatic carboxylic acids is 1. The molecule has 0 radical (unpaired) electrons. The first-order valence-electron chi connectivity index (χ1n) is 6.94. The van der Waals surface area contributed by atoms with Crippen LogP contribution in [0.5, 0.6) is 0 Å². The fourth-order valence-electron chi connectivity index (χ4n) is 2.77. The van der Waals surface area contributed by atoms with E-state index in [1.54, 1.807) is 0 Å². The second-order valence-corrected chi connectivity index (χ2v) is 6.39. The third-order valence-corrected chi connectivity index (χ3v) is 3.86.